The van der Waals surface area contributed by atoms with Gasteiger partial charge in [-0.3, -0.25) is 4.79 Å². The minimum absolute atomic E-state index is 0.0332. The second-order valence-electron chi connectivity index (χ2n) is 4.27. The summed E-state index contributed by atoms with van der Waals surface area (Å²) < 4.78 is 0. The minimum Gasteiger partial charge on any atom is -0.398 e. The Bertz CT molecular complexity index is 391. The van der Waals surface area contributed by atoms with E-state index in [0.29, 0.717) is 11.3 Å². The van der Waals surface area contributed by atoms with Gasteiger partial charge in [0, 0.05) is 29.6 Å². The van der Waals surface area contributed by atoms with Crippen molar-refractivity contribution in [2.75, 3.05) is 17.7 Å². The summed E-state index contributed by atoms with van der Waals surface area (Å²) >= 11 is 0. The molecule has 0 aliphatic carbocycles. The second kappa shape index (κ2) is 6.25. The molecule has 0 saturated heterocycles. The number of nitrogens with two attached hydrogens (primary N) is 1. The van der Waals surface area contributed by atoms with Gasteiger partial charge in [0.2, 0.25) is 0 Å². The van der Waals surface area contributed by atoms with Crippen LogP contribution in [0.1, 0.15) is 37.0 Å². The Morgan fingerprint density at radius 1 is 1.53 bits per heavy atom. The molecule has 0 aromatic heterocycles. The number of carbonyl (C=O) groups excluding carboxylic acids is 1. The standard InChI is InChI=1S/C13H20N2O2/c1-9(4-3-7-16)15-11-5-6-13(14)12(8-11)10(2)17/h5-6,8-9,15-16H,3-4,7,14H2,1-2H3. The third-order valence-corrected chi connectivity index (χ3v) is 2.64. The van der Waals surface area contributed by atoms with Crippen molar-refractivity contribution in [1.82, 2.24) is 0 Å². The summed E-state index contributed by atoms with van der Waals surface area (Å²) in [7, 11) is 0. The van der Waals surface area contributed by atoms with Crippen LogP contribution in [0.2, 0.25) is 0 Å². The van der Waals surface area contributed by atoms with E-state index in [9.17, 15) is 4.79 Å². The van der Waals surface area contributed by atoms with E-state index in [-0.39, 0.29) is 18.4 Å². The Hall–Kier alpha value is -1.55. The first-order valence-corrected chi connectivity index (χ1v) is 5.82. The van der Waals surface area contributed by atoms with Crippen molar-refractivity contribution in [3.8, 4) is 0 Å². The fourth-order valence-electron chi connectivity index (χ4n) is 1.71. The predicted molar refractivity (Wildman–Crippen MR) is 70.3 cm³/mol. The van der Waals surface area contributed by atoms with Crippen molar-refractivity contribution in [2.24, 2.45) is 0 Å². The lowest BCUT2D eigenvalue weighted by molar-refractivity contribution is 0.101. The molecule has 1 aromatic carbocycles. The summed E-state index contributed by atoms with van der Waals surface area (Å²) in [5.74, 6) is -0.0332. The molecule has 4 heteroatoms. The quantitative estimate of drug-likeness (QED) is 0.522. The summed E-state index contributed by atoms with van der Waals surface area (Å²) in [6, 6.07) is 5.62. The van der Waals surface area contributed by atoms with Gasteiger partial charge in [0.05, 0.1) is 0 Å². The Morgan fingerprint density at radius 3 is 2.82 bits per heavy atom. The third kappa shape index (κ3) is 4.07. The maximum Gasteiger partial charge on any atom is 0.161 e. The Balaban J connectivity index is 2.72. The molecule has 1 rings (SSSR count). The summed E-state index contributed by atoms with van der Waals surface area (Å²) in [5, 5.41) is 12.0. The number of aliphatic hydroxyl groups excluding tert-OH is 1. The molecule has 0 bridgehead atoms. The minimum atomic E-state index is -0.0332. The third-order valence-electron chi connectivity index (χ3n) is 2.64. The number of Topliss-reactive ketones (excluding diaryl/α,β-unsaturated/α-hetero) is 1. The number of ketones is 1. The monoisotopic (exact) mass is 236 g/mol. The second-order valence-corrected chi connectivity index (χ2v) is 4.27. The predicted octanol–water partition coefficient (Wildman–Crippen LogP) is 2.04. The van der Waals surface area contributed by atoms with Crippen molar-refractivity contribution < 1.29 is 9.90 Å². The lowest BCUT2D eigenvalue weighted by Gasteiger charge is -2.15. The molecule has 1 aromatic rings. The number of nitrogens with one attached hydrogen (secondary N) is 1. The van der Waals surface area contributed by atoms with E-state index in [4.69, 9.17) is 10.8 Å². The molecule has 0 aliphatic heterocycles. The summed E-state index contributed by atoms with van der Waals surface area (Å²) in [6.45, 7) is 3.75. The first-order chi connectivity index (χ1) is 8.04. The van der Waals surface area contributed by atoms with Gasteiger partial charge in [-0.15, -0.1) is 0 Å². The maximum absolute atomic E-state index is 11.3. The van der Waals surface area contributed by atoms with E-state index in [1.165, 1.54) is 6.92 Å². The highest BCUT2D eigenvalue weighted by atomic mass is 16.2. The molecule has 0 aliphatic rings. The van der Waals surface area contributed by atoms with Gasteiger partial charge in [-0.1, -0.05) is 0 Å². The molecule has 17 heavy (non-hydrogen) atoms. The van der Waals surface area contributed by atoms with Crippen LogP contribution in [-0.4, -0.2) is 23.5 Å². The molecule has 0 fully saturated rings. The SMILES string of the molecule is CC(=O)c1cc(NC(C)CCCO)ccc1N. The highest BCUT2D eigenvalue weighted by Crippen LogP contribution is 2.19. The first kappa shape index (κ1) is 13.5. The fourth-order valence-corrected chi connectivity index (χ4v) is 1.71. The van der Waals surface area contributed by atoms with Gasteiger partial charge in [0.25, 0.3) is 0 Å². The number of carbonyl (C=O) groups is 1. The van der Waals surface area contributed by atoms with E-state index in [2.05, 4.69) is 5.32 Å². The smallest absolute Gasteiger partial charge is 0.161 e. The van der Waals surface area contributed by atoms with Crippen molar-refractivity contribution >= 4 is 17.2 Å². The maximum atomic E-state index is 11.3. The van der Waals surface area contributed by atoms with Crippen molar-refractivity contribution in [3.05, 3.63) is 23.8 Å². The molecule has 4 nitrogen and oxygen atoms in total. The lowest BCUT2D eigenvalue weighted by atomic mass is 10.1. The fraction of sp³-hybridized carbons (Fsp3) is 0.462. The topological polar surface area (TPSA) is 75.3 Å². The Labute approximate surface area is 102 Å². The van der Waals surface area contributed by atoms with E-state index in [1.807, 2.05) is 13.0 Å². The summed E-state index contributed by atoms with van der Waals surface area (Å²) in [5.41, 5.74) is 7.66. The van der Waals surface area contributed by atoms with E-state index in [0.717, 1.165) is 18.5 Å². The van der Waals surface area contributed by atoms with Gasteiger partial charge in [0.15, 0.2) is 5.78 Å². The normalized spacial score (nSPS) is 12.2. The van der Waals surface area contributed by atoms with Gasteiger partial charge in [-0.2, -0.15) is 0 Å². The number of benzene rings is 1. The van der Waals surface area contributed by atoms with Gasteiger partial charge < -0.3 is 16.2 Å². The molecule has 1 unspecified atom stereocenters. The molecular formula is C13H20N2O2. The molecule has 4 N–H and O–H groups in total. The van der Waals surface area contributed by atoms with Gasteiger partial charge in [-0.25, -0.2) is 0 Å². The lowest BCUT2D eigenvalue weighted by Crippen LogP contribution is -2.16. The molecule has 0 amide bonds. The van der Waals surface area contributed by atoms with Crippen LogP contribution in [0.5, 0.6) is 0 Å². The number of aliphatic hydroxyl groups is 1. The molecule has 94 valence electrons. The Kier molecular flexibility index (Phi) is 4.97. The van der Waals surface area contributed by atoms with Gasteiger partial charge in [-0.05, 0) is 44.9 Å². The van der Waals surface area contributed by atoms with Crippen LogP contribution in [0.3, 0.4) is 0 Å². The molecule has 0 heterocycles. The van der Waals surface area contributed by atoms with Gasteiger partial charge >= 0.3 is 0 Å². The average Bonchev–Trinajstić information content (AvgIpc) is 2.28. The van der Waals surface area contributed by atoms with Crippen molar-refractivity contribution in [1.29, 1.82) is 0 Å². The van der Waals surface area contributed by atoms with Crippen LogP contribution >= 0.6 is 0 Å². The first-order valence-electron chi connectivity index (χ1n) is 5.82. The van der Waals surface area contributed by atoms with Gasteiger partial charge in [0.1, 0.15) is 0 Å². The zero-order chi connectivity index (χ0) is 12.8. The van der Waals surface area contributed by atoms with Crippen molar-refractivity contribution in [2.45, 2.75) is 32.7 Å². The highest BCUT2D eigenvalue weighted by molar-refractivity contribution is 6.00. The molecule has 0 radical (unpaired) electrons. The largest absolute Gasteiger partial charge is 0.398 e. The number of anilines is 2. The Morgan fingerprint density at radius 2 is 2.24 bits per heavy atom. The van der Waals surface area contributed by atoms with E-state index in [1.54, 1.807) is 12.1 Å². The van der Waals surface area contributed by atoms with Crippen LogP contribution in [-0.2, 0) is 0 Å². The number of hydrogen-bond donors (Lipinski definition) is 3. The van der Waals surface area contributed by atoms with Crippen LogP contribution < -0.4 is 11.1 Å². The zero-order valence-corrected chi connectivity index (χ0v) is 10.4. The zero-order valence-electron chi connectivity index (χ0n) is 10.4. The molecular weight excluding hydrogens is 216 g/mol. The average molecular weight is 236 g/mol. The molecule has 0 spiro atoms. The van der Waals surface area contributed by atoms with Crippen molar-refractivity contribution in [3.63, 3.8) is 0 Å². The van der Waals surface area contributed by atoms with Crippen LogP contribution in [0.25, 0.3) is 0 Å². The molecule has 0 saturated carbocycles. The summed E-state index contributed by atoms with van der Waals surface area (Å²) in [6.07, 6.45) is 1.65. The van der Waals surface area contributed by atoms with Crippen LogP contribution in [0.15, 0.2) is 18.2 Å². The number of hydrogen-bond acceptors (Lipinski definition) is 4. The van der Waals surface area contributed by atoms with E-state index >= 15 is 0 Å². The number of nitrogen functional groups attached to an aromatic ring is 1. The molecule has 1 atom stereocenters. The van der Waals surface area contributed by atoms with E-state index < -0.39 is 0 Å². The van der Waals surface area contributed by atoms with Crippen LogP contribution in [0.4, 0.5) is 11.4 Å². The highest BCUT2D eigenvalue weighted by Gasteiger charge is 2.07. The number of rotatable bonds is 6. The summed E-state index contributed by atoms with van der Waals surface area (Å²) in [4.78, 5) is 11.3. The van der Waals surface area contributed by atoms with Crippen LogP contribution in [0, 0.1) is 0 Å².